The minimum absolute atomic E-state index is 0.0178. The second-order valence-electron chi connectivity index (χ2n) is 3.73. The summed E-state index contributed by atoms with van der Waals surface area (Å²) < 4.78 is 5.00. The molecule has 8 heteroatoms. The van der Waals surface area contributed by atoms with Crippen LogP contribution in [0.5, 0.6) is 0 Å². The van der Waals surface area contributed by atoms with Crippen LogP contribution in [0, 0.1) is 10.1 Å². The van der Waals surface area contributed by atoms with Crippen molar-refractivity contribution in [3.8, 4) is 0 Å². The Morgan fingerprint density at radius 3 is 2.74 bits per heavy atom. The maximum absolute atomic E-state index is 11.7. The van der Waals surface area contributed by atoms with Gasteiger partial charge in [-0.25, -0.2) is 5.01 Å². The van der Waals surface area contributed by atoms with Gasteiger partial charge >= 0.3 is 5.24 Å². The summed E-state index contributed by atoms with van der Waals surface area (Å²) in [5.74, 6) is 0.901. The van der Waals surface area contributed by atoms with E-state index in [0.717, 1.165) is 17.3 Å². The van der Waals surface area contributed by atoms with Crippen LogP contribution in [0.2, 0.25) is 0 Å². The number of hydrogen-bond donors (Lipinski definition) is 0. The van der Waals surface area contributed by atoms with Gasteiger partial charge in [-0.3, -0.25) is 14.9 Å². The molecule has 0 saturated carbocycles. The van der Waals surface area contributed by atoms with Gasteiger partial charge in [0, 0.05) is 12.1 Å². The lowest BCUT2D eigenvalue weighted by Crippen LogP contribution is -2.29. The van der Waals surface area contributed by atoms with Gasteiger partial charge < -0.3 is 4.74 Å². The molecule has 1 amide bonds. The van der Waals surface area contributed by atoms with E-state index < -0.39 is 4.92 Å². The Hall–Kier alpha value is -2.09. The van der Waals surface area contributed by atoms with Crippen molar-refractivity contribution in [2.75, 3.05) is 12.9 Å². The van der Waals surface area contributed by atoms with E-state index in [0.29, 0.717) is 11.7 Å². The Morgan fingerprint density at radius 2 is 2.16 bits per heavy atom. The number of carbonyl (C=O) groups is 1. The molecule has 1 heterocycles. The molecule has 0 saturated heterocycles. The Kier molecular flexibility index (Phi) is 4.00. The Bertz CT molecular complexity index is 529. The molecule has 1 aliphatic rings. The van der Waals surface area contributed by atoms with Crippen molar-refractivity contribution in [2.45, 2.75) is 6.54 Å². The number of amides is 1. The average Bonchev–Trinajstić information content (AvgIpc) is 2.42. The van der Waals surface area contributed by atoms with Gasteiger partial charge in [0.15, 0.2) is 0 Å². The van der Waals surface area contributed by atoms with E-state index in [1.165, 1.54) is 24.3 Å². The van der Waals surface area contributed by atoms with E-state index in [4.69, 9.17) is 4.74 Å². The second kappa shape index (κ2) is 5.70. The molecule has 0 N–H and O–H groups in total. The van der Waals surface area contributed by atoms with Gasteiger partial charge in [-0.2, -0.15) is 0 Å². The third-order valence-electron chi connectivity index (χ3n) is 2.48. The van der Waals surface area contributed by atoms with Crippen molar-refractivity contribution in [1.29, 1.82) is 0 Å². The number of rotatable bonds is 3. The van der Waals surface area contributed by atoms with E-state index in [-0.39, 0.29) is 17.5 Å². The number of benzene rings is 1. The number of nitro groups is 1. The van der Waals surface area contributed by atoms with Gasteiger partial charge in [0.25, 0.3) is 5.69 Å². The molecule has 0 fully saturated rings. The summed E-state index contributed by atoms with van der Waals surface area (Å²) in [6.07, 6.45) is 0. The fraction of sp³-hybridized carbons (Fsp3) is 0.273. The molecular weight excluding hydrogens is 270 g/mol. The molecule has 19 heavy (non-hydrogen) atoms. The molecule has 1 aliphatic heterocycles. The van der Waals surface area contributed by atoms with Gasteiger partial charge in [0.2, 0.25) is 5.90 Å². The summed E-state index contributed by atoms with van der Waals surface area (Å²) in [6, 6.07) is 6.01. The minimum atomic E-state index is -0.465. The van der Waals surface area contributed by atoms with Crippen molar-refractivity contribution < 1.29 is 14.5 Å². The van der Waals surface area contributed by atoms with Crippen LogP contribution in [0.15, 0.2) is 29.4 Å². The van der Waals surface area contributed by atoms with Crippen LogP contribution >= 0.6 is 11.8 Å². The van der Waals surface area contributed by atoms with Crippen molar-refractivity contribution >= 4 is 28.6 Å². The molecule has 7 nitrogen and oxygen atoms in total. The maximum Gasteiger partial charge on any atom is 0.302 e. The van der Waals surface area contributed by atoms with Crippen LogP contribution in [-0.2, 0) is 11.3 Å². The zero-order valence-electron chi connectivity index (χ0n) is 10.1. The molecule has 0 bridgehead atoms. The number of carbonyl (C=O) groups excluding carboxylic acids is 1. The largest absolute Gasteiger partial charge is 0.482 e. The van der Waals surface area contributed by atoms with E-state index in [1.807, 2.05) is 0 Å². The van der Waals surface area contributed by atoms with Crippen LogP contribution in [0.3, 0.4) is 0 Å². The van der Waals surface area contributed by atoms with Crippen molar-refractivity contribution in [3.05, 3.63) is 39.9 Å². The zero-order valence-corrected chi connectivity index (χ0v) is 10.9. The SMILES string of the molecule is COC1=NN(Cc2ccc([N+](=O)[O-])cc2)C(=O)SC1. The molecule has 0 unspecified atom stereocenters. The lowest BCUT2D eigenvalue weighted by molar-refractivity contribution is -0.384. The molecule has 100 valence electrons. The number of nitro benzene ring substituents is 1. The number of nitrogens with zero attached hydrogens (tertiary/aromatic N) is 3. The van der Waals surface area contributed by atoms with Crippen LogP contribution in [0.4, 0.5) is 10.5 Å². The van der Waals surface area contributed by atoms with Gasteiger partial charge in [-0.15, -0.1) is 5.10 Å². The van der Waals surface area contributed by atoms with Crippen molar-refractivity contribution in [2.24, 2.45) is 5.10 Å². The topological polar surface area (TPSA) is 85.0 Å². The predicted octanol–water partition coefficient (Wildman–Crippen LogP) is 2.22. The summed E-state index contributed by atoms with van der Waals surface area (Å²) in [4.78, 5) is 21.7. The zero-order chi connectivity index (χ0) is 13.8. The fourth-order valence-corrected chi connectivity index (χ4v) is 2.17. The van der Waals surface area contributed by atoms with Crippen LogP contribution in [0.25, 0.3) is 0 Å². The van der Waals surface area contributed by atoms with E-state index in [1.54, 1.807) is 12.1 Å². The summed E-state index contributed by atoms with van der Waals surface area (Å²) in [6.45, 7) is 0.261. The maximum atomic E-state index is 11.7. The molecule has 1 aromatic rings. The molecular formula is C11H11N3O4S. The summed E-state index contributed by atoms with van der Waals surface area (Å²) >= 11 is 1.11. The van der Waals surface area contributed by atoms with E-state index in [9.17, 15) is 14.9 Å². The highest BCUT2D eigenvalue weighted by Gasteiger charge is 2.22. The van der Waals surface area contributed by atoms with Gasteiger partial charge in [-0.1, -0.05) is 23.9 Å². The Labute approximate surface area is 113 Å². The number of methoxy groups -OCH3 is 1. The second-order valence-corrected chi connectivity index (χ2v) is 4.66. The van der Waals surface area contributed by atoms with Crippen LogP contribution in [-0.4, -0.2) is 33.9 Å². The van der Waals surface area contributed by atoms with Gasteiger partial charge in [0.05, 0.1) is 24.3 Å². The third-order valence-corrected chi connectivity index (χ3v) is 3.33. The van der Waals surface area contributed by atoms with Crippen molar-refractivity contribution in [1.82, 2.24) is 5.01 Å². The first-order valence-corrected chi connectivity index (χ1v) is 6.38. The minimum Gasteiger partial charge on any atom is -0.482 e. The smallest absolute Gasteiger partial charge is 0.302 e. The first kappa shape index (κ1) is 13.3. The van der Waals surface area contributed by atoms with Crippen LogP contribution < -0.4 is 0 Å². The van der Waals surface area contributed by atoms with Crippen molar-refractivity contribution in [3.63, 3.8) is 0 Å². The number of hydrazone groups is 1. The molecule has 2 rings (SSSR count). The van der Waals surface area contributed by atoms with Crippen LogP contribution in [0.1, 0.15) is 5.56 Å². The molecule has 0 spiro atoms. The highest BCUT2D eigenvalue weighted by atomic mass is 32.2. The monoisotopic (exact) mass is 281 g/mol. The number of hydrogen-bond acceptors (Lipinski definition) is 6. The predicted molar refractivity (Wildman–Crippen MR) is 70.9 cm³/mol. The molecule has 0 aromatic heterocycles. The standard InChI is InChI=1S/C11H11N3O4S/c1-18-10-7-19-11(15)13(12-10)6-8-2-4-9(5-3-8)14(16)17/h2-5H,6-7H2,1H3. The fourth-order valence-electron chi connectivity index (χ4n) is 1.50. The summed E-state index contributed by atoms with van der Waals surface area (Å²) in [5, 5.41) is 15.7. The lowest BCUT2D eigenvalue weighted by atomic mass is 10.2. The highest BCUT2D eigenvalue weighted by molar-refractivity contribution is 8.14. The van der Waals surface area contributed by atoms with E-state index in [2.05, 4.69) is 5.10 Å². The van der Waals surface area contributed by atoms with Gasteiger partial charge in [0.1, 0.15) is 0 Å². The average molecular weight is 281 g/mol. The number of non-ortho nitro benzene ring substituents is 1. The summed E-state index contributed by atoms with van der Waals surface area (Å²) in [5.41, 5.74) is 0.782. The Balaban J connectivity index is 2.11. The quantitative estimate of drug-likeness (QED) is 0.626. The normalized spacial score (nSPS) is 15.1. The number of thioether (sulfide) groups is 1. The molecule has 1 aromatic carbocycles. The molecule has 0 radical (unpaired) electrons. The Morgan fingerprint density at radius 1 is 1.47 bits per heavy atom. The molecule has 0 atom stereocenters. The first-order valence-electron chi connectivity index (χ1n) is 5.39. The summed E-state index contributed by atoms with van der Waals surface area (Å²) in [7, 11) is 1.50. The first-order chi connectivity index (χ1) is 9.10. The number of ether oxygens (including phenoxy) is 1. The third kappa shape index (κ3) is 3.22. The van der Waals surface area contributed by atoms with Gasteiger partial charge in [-0.05, 0) is 5.56 Å². The lowest BCUT2D eigenvalue weighted by Gasteiger charge is -2.21. The molecule has 0 aliphatic carbocycles. The highest BCUT2D eigenvalue weighted by Crippen LogP contribution is 2.20. The van der Waals surface area contributed by atoms with E-state index >= 15 is 0 Å².